The van der Waals surface area contributed by atoms with E-state index in [2.05, 4.69) is 5.32 Å². The lowest BCUT2D eigenvalue weighted by atomic mass is 10.1. The maximum absolute atomic E-state index is 10.6. The third-order valence-corrected chi connectivity index (χ3v) is 2.80. The van der Waals surface area contributed by atoms with Crippen molar-refractivity contribution < 1.29 is 15.0 Å². The molecule has 0 atom stereocenters. The van der Waals surface area contributed by atoms with Gasteiger partial charge in [0.25, 0.3) is 0 Å². The van der Waals surface area contributed by atoms with Crippen LogP contribution in [-0.2, 0) is 6.54 Å². The largest absolute Gasteiger partial charge is 0.477 e. The van der Waals surface area contributed by atoms with Gasteiger partial charge in [0.05, 0.1) is 5.60 Å². The first kappa shape index (κ1) is 12.2. The van der Waals surface area contributed by atoms with Crippen LogP contribution in [0, 0.1) is 0 Å². The van der Waals surface area contributed by atoms with Gasteiger partial charge < -0.3 is 15.5 Å². The predicted molar refractivity (Wildman–Crippen MR) is 59.3 cm³/mol. The fraction of sp³-hybridized carbons (Fsp3) is 0.500. The molecule has 0 aliphatic rings. The van der Waals surface area contributed by atoms with E-state index in [-0.39, 0.29) is 0 Å². The summed E-state index contributed by atoms with van der Waals surface area (Å²) in [6.07, 6.45) is 0. The fourth-order valence-electron chi connectivity index (χ4n) is 1.08. The topological polar surface area (TPSA) is 69.6 Å². The second kappa shape index (κ2) is 4.74. The SMILES string of the molecule is CC(C)(O)CNCc1ccc(C(=O)O)s1. The molecule has 0 saturated carbocycles. The molecule has 1 aromatic heterocycles. The highest BCUT2D eigenvalue weighted by Crippen LogP contribution is 2.16. The molecule has 0 aliphatic carbocycles. The third-order valence-electron chi connectivity index (χ3n) is 1.73. The molecule has 0 fully saturated rings. The van der Waals surface area contributed by atoms with Crippen LogP contribution in [0.2, 0.25) is 0 Å². The van der Waals surface area contributed by atoms with E-state index in [1.54, 1.807) is 26.0 Å². The average Bonchev–Trinajstić information content (AvgIpc) is 2.50. The molecule has 0 amide bonds. The van der Waals surface area contributed by atoms with Gasteiger partial charge in [0.1, 0.15) is 4.88 Å². The first-order chi connectivity index (χ1) is 6.88. The fourth-order valence-corrected chi connectivity index (χ4v) is 1.90. The summed E-state index contributed by atoms with van der Waals surface area (Å²) in [5.41, 5.74) is -0.743. The van der Waals surface area contributed by atoms with Crippen LogP contribution in [0.15, 0.2) is 12.1 Å². The standard InChI is InChI=1S/C10H15NO3S/c1-10(2,14)6-11-5-7-3-4-8(15-7)9(12)13/h3-4,11,14H,5-6H2,1-2H3,(H,12,13). The number of carboxylic acid groups (broad SMARTS) is 1. The minimum absolute atomic E-state index is 0.343. The zero-order valence-electron chi connectivity index (χ0n) is 8.78. The van der Waals surface area contributed by atoms with Crippen molar-refractivity contribution in [1.82, 2.24) is 5.32 Å². The highest BCUT2D eigenvalue weighted by atomic mass is 32.1. The smallest absolute Gasteiger partial charge is 0.345 e. The molecule has 15 heavy (non-hydrogen) atoms. The van der Waals surface area contributed by atoms with Gasteiger partial charge in [-0.25, -0.2) is 4.79 Å². The Balaban J connectivity index is 2.41. The lowest BCUT2D eigenvalue weighted by molar-refractivity contribution is 0.0701. The Morgan fingerprint density at radius 3 is 2.67 bits per heavy atom. The molecule has 4 nitrogen and oxygen atoms in total. The molecule has 1 heterocycles. The van der Waals surface area contributed by atoms with Gasteiger partial charge in [-0.1, -0.05) is 0 Å². The van der Waals surface area contributed by atoms with E-state index in [1.807, 2.05) is 0 Å². The zero-order valence-corrected chi connectivity index (χ0v) is 9.60. The molecule has 0 aromatic carbocycles. The molecule has 0 bridgehead atoms. The molecule has 0 unspecified atom stereocenters. The van der Waals surface area contributed by atoms with Gasteiger partial charge in [-0.2, -0.15) is 0 Å². The summed E-state index contributed by atoms with van der Waals surface area (Å²) in [6, 6.07) is 3.37. The second-order valence-corrected chi connectivity index (χ2v) is 5.16. The minimum atomic E-state index is -0.895. The van der Waals surface area contributed by atoms with Crippen molar-refractivity contribution in [3.8, 4) is 0 Å². The number of thiophene rings is 1. The van der Waals surface area contributed by atoms with Crippen molar-refractivity contribution in [2.75, 3.05) is 6.54 Å². The van der Waals surface area contributed by atoms with Crippen LogP contribution >= 0.6 is 11.3 Å². The summed E-state index contributed by atoms with van der Waals surface area (Å²) in [6.45, 7) is 4.50. The van der Waals surface area contributed by atoms with Crippen LogP contribution in [0.3, 0.4) is 0 Å². The molecule has 5 heteroatoms. The molecule has 84 valence electrons. The lowest BCUT2D eigenvalue weighted by Gasteiger charge is -2.17. The number of nitrogens with one attached hydrogen (secondary N) is 1. The average molecular weight is 229 g/mol. The van der Waals surface area contributed by atoms with Crippen LogP contribution in [0.25, 0.3) is 0 Å². The number of rotatable bonds is 5. The summed E-state index contributed by atoms with van der Waals surface area (Å²) < 4.78 is 0. The second-order valence-electron chi connectivity index (χ2n) is 3.99. The lowest BCUT2D eigenvalue weighted by Crippen LogP contribution is -2.34. The summed E-state index contributed by atoms with van der Waals surface area (Å²) in [7, 11) is 0. The van der Waals surface area contributed by atoms with Crippen molar-refractivity contribution in [3.05, 3.63) is 21.9 Å². The number of aliphatic hydroxyl groups is 1. The van der Waals surface area contributed by atoms with E-state index in [1.165, 1.54) is 11.3 Å². The van der Waals surface area contributed by atoms with E-state index >= 15 is 0 Å². The van der Waals surface area contributed by atoms with Gasteiger partial charge in [0, 0.05) is 18.0 Å². The Morgan fingerprint density at radius 1 is 1.53 bits per heavy atom. The first-order valence-electron chi connectivity index (χ1n) is 4.63. The van der Waals surface area contributed by atoms with Gasteiger partial charge in [0.2, 0.25) is 0 Å². The van der Waals surface area contributed by atoms with Crippen molar-refractivity contribution in [1.29, 1.82) is 0 Å². The Morgan fingerprint density at radius 2 is 2.20 bits per heavy atom. The predicted octanol–water partition coefficient (Wildman–Crippen LogP) is 1.31. The number of hydrogen-bond acceptors (Lipinski definition) is 4. The van der Waals surface area contributed by atoms with Gasteiger partial charge >= 0.3 is 5.97 Å². The maximum Gasteiger partial charge on any atom is 0.345 e. The Bertz CT molecular complexity index is 341. The Kier molecular flexibility index (Phi) is 3.84. The highest BCUT2D eigenvalue weighted by Gasteiger charge is 2.12. The van der Waals surface area contributed by atoms with Gasteiger partial charge in [-0.05, 0) is 26.0 Å². The van der Waals surface area contributed by atoms with Crippen molar-refractivity contribution in [2.45, 2.75) is 26.0 Å². The van der Waals surface area contributed by atoms with Crippen LogP contribution < -0.4 is 5.32 Å². The van der Waals surface area contributed by atoms with E-state index in [4.69, 9.17) is 5.11 Å². The van der Waals surface area contributed by atoms with Gasteiger partial charge in [-0.3, -0.25) is 0 Å². The summed E-state index contributed by atoms with van der Waals surface area (Å²) in [5.74, 6) is -0.895. The first-order valence-corrected chi connectivity index (χ1v) is 5.45. The summed E-state index contributed by atoms with van der Waals surface area (Å²) >= 11 is 1.25. The molecule has 1 aromatic rings. The van der Waals surface area contributed by atoms with Crippen molar-refractivity contribution >= 4 is 17.3 Å². The monoisotopic (exact) mass is 229 g/mol. The number of aromatic carboxylic acids is 1. The Hall–Kier alpha value is -0.910. The van der Waals surface area contributed by atoms with Gasteiger partial charge in [-0.15, -0.1) is 11.3 Å². The molecular formula is C10H15NO3S. The van der Waals surface area contributed by atoms with Crippen LogP contribution in [-0.4, -0.2) is 28.3 Å². The molecule has 0 aliphatic heterocycles. The quantitative estimate of drug-likeness (QED) is 0.712. The van der Waals surface area contributed by atoms with Crippen molar-refractivity contribution in [3.63, 3.8) is 0 Å². The minimum Gasteiger partial charge on any atom is -0.477 e. The van der Waals surface area contributed by atoms with E-state index in [9.17, 15) is 9.90 Å². The van der Waals surface area contributed by atoms with E-state index in [0.29, 0.717) is 18.0 Å². The van der Waals surface area contributed by atoms with E-state index < -0.39 is 11.6 Å². The number of hydrogen-bond donors (Lipinski definition) is 3. The number of carboxylic acids is 1. The molecule has 0 saturated heterocycles. The molecule has 1 rings (SSSR count). The summed E-state index contributed by atoms with van der Waals surface area (Å²) in [4.78, 5) is 11.9. The van der Waals surface area contributed by atoms with E-state index in [0.717, 1.165) is 4.88 Å². The number of carbonyl (C=O) groups is 1. The van der Waals surface area contributed by atoms with Crippen LogP contribution in [0.1, 0.15) is 28.4 Å². The molecular weight excluding hydrogens is 214 g/mol. The molecule has 0 spiro atoms. The molecule has 0 radical (unpaired) electrons. The molecule has 3 N–H and O–H groups in total. The third kappa shape index (κ3) is 4.42. The summed E-state index contributed by atoms with van der Waals surface area (Å²) in [5, 5.41) is 21.2. The normalized spacial score (nSPS) is 11.7. The van der Waals surface area contributed by atoms with Crippen LogP contribution in [0.5, 0.6) is 0 Å². The highest BCUT2D eigenvalue weighted by molar-refractivity contribution is 7.13. The van der Waals surface area contributed by atoms with Crippen molar-refractivity contribution in [2.24, 2.45) is 0 Å². The van der Waals surface area contributed by atoms with Gasteiger partial charge in [0.15, 0.2) is 0 Å². The van der Waals surface area contributed by atoms with Crippen LogP contribution in [0.4, 0.5) is 0 Å². The zero-order chi connectivity index (χ0) is 11.5. The maximum atomic E-state index is 10.6. The Labute approximate surface area is 92.6 Å².